The summed E-state index contributed by atoms with van der Waals surface area (Å²) in [4.78, 5) is 4.46. The third kappa shape index (κ3) is 2.08. The van der Waals surface area contributed by atoms with Crippen molar-refractivity contribution in [1.29, 1.82) is 0 Å². The van der Waals surface area contributed by atoms with Gasteiger partial charge in [0, 0.05) is 5.56 Å². The van der Waals surface area contributed by atoms with E-state index >= 15 is 0 Å². The maximum atomic E-state index is 5.19. The smallest absolute Gasteiger partial charge is 0.0930 e. The molecule has 0 saturated heterocycles. The summed E-state index contributed by atoms with van der Waals surface area (Å²) in [6.07, 6.45) is 5.19. The molecule has 0 atom stereocenters. The monoisotopic (exact) mass is 147 g/mol. The van der Waals surface area contributed by atoms with Crippen LogP contribution in [0.3, 0.4) is 0 Å². The Morgan fingerprint density at radius 3 is 3.00 bits per heavy atom. The molecule has 0 heterocycles. The molecular weight excluding hydrogens is 138 g/mol. The van der Waals surface area contributed by atoms with Gasteiger partial charge in [-0.1, -0.05) is 18.1 Å². The van der Waals surface area contributed by atoms with Crippen LogP contribution >= 0.6 is 0 Å². The van der Waals surface area contributed by atoms with Crippen LogP contribution < -0.4 is 5.90 Å². The molecule has 1 aromatic carbocycles. The van der Waals surface area contributed by atoms with Gasteiger partial charge in [0.1, 0.15) is 0 Å². The second kappa shape index (κ2) is 3.77. The molecule has 1 aromatic rings. The lowest BCUT2D eigenvalue weighted by atomic mass is 10.1. The van der Waals surface area contributed by atoms with Crippen LogP contribution in [0.25, 0.3) is 0 Å². The largest absolute Gasteiger partial charge is 0.300 e. The van der Waals surface area contributed by atoms with Crippen molar-refractivity contribution in [2.24, 2.45) is 5.90 Å². The first-order valence-corrected chi connectivity index (χ1v) is 3.24. The van der Waals surface area contributed by atoms with Crippen LogP contribution in [-0.4, -0.2) is 0 Å². The second-order valence-electron chi connectivity index (χ2n) is 2.16. The third-order valence-electron chi connectivity index (χ3n) is 1.34. The summed E-state index contributed by atoms with van der Waals surface area (Å²) in [6.45, 7) is 0.398. The third-order valence-corrected chi connectivity index (χ3v) is 1.34. The lowest BCUT2D eigenvalue weighted by molar-refractivity contribution is 0.124. The minimum Gasteiger partial charge on any atom is -0.300 e. The van der Waals surface area contributed by atoms with Crippen LogP contribution in [0.1, 0.15) is 11.1 Å². The van der Waals surface area contributed by atoms with Crippen molar-refractivity contribution >= 4 is 0 Å². The minimum atomic E-state index is 0.398. The van der Waals surface area contributed by atoms with Crippen molar-refractivity contribution in [2.75, 3.05) is 0 Å². The van der Waals surface area contributed by atoms with Gasteiger partial charge in [-0.3, -0.25) is 4.84 Å². The number of hydrogen-bond acceptors (Lipinski definition) is 2. The molecule has 2 heteroatoms. The summed E-state index contributed by atoms with van der Waals surface area (Å²) in [5.74, 6) is 7.43. The molecule has 0 aliphatic rings. The molecule has 0 aliphatic carbocycles. The molecular formula is C9H9NO. The second-order valence-corrected chi connectivity index (χ2v) is 2.16. The standard InChI is InChI=1S/C9H9NO/c1-2-8-4-3-5-9(6-8)7-11-10/h1,3-6H,7,10H2. The Bertz CT molecular complexity index is 275. The van der Waals surface area contributed by atoms with Gasteiger partial charge in [-0.2, -0.15) is 0 Å². The van der Waals surface area contributed by atoms with Crippen LogP contribution in [0, 0.1) is 12.3 Å². The Hall–Kier alpha value is -1.30. The molecule has 0 aliphatic heterocycles. The highest BCUT2D eigenvalue weighted by atomic mass is 16.6. The molecule has 0 saturated carbocycles. The fourth-order valence-corrected chi connectivity index (χ4v) is 0.847. The zero-order valence-corrected chi connectivity index (χ0v) is 6.08. The van der Waals surface area contributed by atoms with Gasteiger partial charge < -0.3 is 0 Å². The molecule has 0 radical (unpaired) electrons. The number of hydrogen-bond donors (Lipinski definition) is 1. The molecule has 1 rings (SSSR count). The summed E-state index contributed by atoms with van der Waals surface area (Å²) in [5.41, 5.74) is 1.84. The fourth-order valence-electron chi connectivity index (χ4n) is 0.847. The maximum absolute atomic E-state index is 5.19. The van der Waals surface area contributed by atoms with Gasteiger partial charge in [-0.05, 0) is 17.7 Å². The van der Waals surface area contributed by atoms with E-state index in [0.29, 0.717) is 6.61 Å². The molecule has 2 nitrogen and oxygen atoms in total. The van der Waals surface area contributed by atoms with Crippen molar-refractivity contribution in [3.8, 4) is 12.3 Å². The SMILES string of the molecule is C#Cc1cccc(CON)c1. The van der Waals surface area contributed by atoms with Gasteiger partial charge in [0.2, 0.25) is 0 Å². The van der Waals surface area contributed by atoms with Gasteiger partial charge >= 0.3 is 0 Å². The molecule has 0 bridgehead atoms. The number of rotatable bonds is 2. The highest BCUT2D eigenvalue weighted by molar-refractivity contribution is 5.34. The zero-order valence-electron chi connectivity index (χ0n) is 6.08. The van der Waals surface area contributed by atoms with Gasteiger partial charge in [0.25, 0.3) is 0 Å². The fraction of sp³-hybridized carbons (Fsp3) is 0.111. The van der Waals surface area contributed by atoms with Crippen LogP contribution in [0.15, 0.2) is 24.3 Å². The van der Waals surface area contributed by atoms with E-state index in [1.807, 2.05) is 24.3 Å². The van der Waals surface area contributed by atoms with Crippen molar-refractivity contribution < 1.29 is 4.84 Å². The summed E-state index contributed by atoms with van der Waals surface area (Å²) >= 11 is 0. The quantitative estimate of drug-likeness (QED) is 0.501. The zero-order chi connectivity index (χ0) is 8.10. The highest BCUT2D eigenvalue weighted by Gasteiger charge is 1.91. The van der Waals surface area contributed by atoms with E-state index in [0.717, 1.165) is 11.1 Å². The first kappa shape index (κ1) is 7.80. The average molecular weight is 147 g/mol. The molecule has 11 heavy (non-hydrogen) atoms. The molecule has 2 N–H and O–H groups in total. The minimum absolute atomic E-state index is 0.398. The molecule has 0 fully saturated rings. The molecule has 0 amide bonds. The maximum Gasteiger partial charge on any atom is 0.0930 e. The Labute approximate surface area is 65.9 Å². The van der Waals surface area contributed by atoms with Gasteiger partial charge in [-0.15, -0.1) is 6.42 Å². The van der Waals surface area contributed by atoms with Gasteiger partial charge in [0.15, 0.2) is 0 Å². The van der Waals surface area contributed by atoms with E-state index < -0.39 is 0 Å². The predicted octanol–water partition coefficient (Wildman–Crippen LogP) is 1.06. The van der Waals surface area contributed by atoms with Crippen LogP contribution in [0.5, 0.6) is 0 Å². The summed E-state index contributed by atoms with van der Waals surface area (Å²) < 4.78 is 0. The average Bonchev–Trinajstić information content (AvgIpc) is 2.06. The lowest BCUT2D eigenvalue weighted by Crippen LogP contribution is -1.98. The van der Waals surface area contributed by atoms with Gasteiger partial charge in [-0.25, -0.2) is 5.90 Å². The first-order valence-electron chi connectivity index (χ1n) is 3.24. The van der Waals surface area contributed by atoms with E-state index in [9.17, 15) is 0 Å². The van der Waals surface area contributed by atoms with Crippen molar-refractivity contribution in [3.63, 3.8) is 0 Å². The van der Waals surface area contributed by atoms with E-state index in [4.69, 9.17) is 12.3 Å². The predicted molar refractivity (Wildman–Crippen MR) is 43.4 cm³/mol. The van der Waals surface area contributed by atoms with Crippen LogP contribution in [-0.2, 0) is 11.4 Å². The summed E-state index contributed by atoms with van der Waals surface area (Å²) in [6, 6.07) is 7.52. The lowest BCUT2D eigenvalue weighted by Gasteiger charge is -1.97. The van der Waals surface area contributed by atoms with E-state index in [1.54, 1.807) is 0 Å². The molecule has 0 spiro atoms. The number of terminal acetylenes is 1. The molecule has 0 aromatic heterocycles. The Morgan fingerprint density at radius 2 is 2.36 bits per heavy atom. The molecule has 0 unspecified atom stereocenters. The number of benzene rings is 1. The topological polar surface area (TPSA) is 35.2 Å². The normalized spacial score (nSPS) is 9.09. The van der Waals surface area contributed by atoms with E-state index in [1.165, 1.54) is 0 Å². The van der Waals surface area contributed by atoms with Gasteiger partial charge in [0.05, 0.1) is 6.61 Å². The first-order chi connectivity index (χ1) is 5.36. The van der Waals surface area contributed by atoms with Crippen LogP contribution in [0.2, 0.25) is 0 Å². The van der Waals surface area contributed by atoms with Crippen LogP contribution in [0.4, 0.5) is 0 Å². The number of nitrogens with two attached hydrogens (primary N) is 1. The Kier molecular flexibility index (Phi) is 2.67. The van der Waals surface area contributed by atoms with Crippen molar-refractivity contribution in [3.05, 3.63) is 35.4 Å². The van der Waals surface area contributed by atoms with Crippen molar-refractivity contribution in [2.45, 2.75) is 6.61 Å². The highest BCUT2D eigenvalue weighted by Crippen LogP contribution is 2.03. The Morgan fingerprint density at radius 1 is 1.55 bits per heavy atom. The molecule has 56 valence electrons. The Balaban J connectivity index is 2.85. The van der Waals surface area contributed by atoms with E-state index in [-0.39, 0.29) is 0 Å². The summed E-state index contributed by atoms with van der Waals surface area (Å²) in [7, 11) is 0. The van der Waals surface area contributed by atoms with E-state index in [2.05, 4.69) is 10.8 Å². The summed E-state index contributed by atoms with van der Waals surface area (Å²) in [5, 5.41) is 0. The van der Waals surface area contributed by atoms with Crippen molar-refractivity contribution in [1.82, 2.24) is 0 Å².